The van der Waals surface area contributed by atoms with Crippen molar-refractivity contribution in [3.8, 4) is 0 Å². The Kier molecular flexibility index (Phi) is 4.68. The molecule has 3 fully saturated rings. The van der Waals surface area contributed by atoms with Gasteiger partial charge in [-0.25, -0.2) is 9.18 Å². The van der Waals surface area contributed by atoms with Crippen molar-refractivity contribution in [2.75, 3.05) is 24.5 Å². The van der Waals surface area contributed by atoms with Gasteiger partial charge in [0.2, 0.25) is 5.91 Å². The number of nitrogens with zero attached hydrogens (tertiary/aromatic N) is 3. The van der Waals surface area contributed by atoms with Crippen molar-refractivity contribution >= 4 is 23.5 Å². The number of anilines is 1. The summed E-state index contributed by atoms with van der Waals surface area (Å²) in [4.78, 5) is 44.4. The first-order valence-electron chi connectivity index (χ1n) is 9.67. The molecule has 4 amide bonds. The molecule has 1 aromatic rings. The third kappa shape index (κ3) is 3.41. The van der Waals surface area contributed by atoms with E-state index in [1.165, 1.54) is 12.3 Å². The number of amides is 4. The zero-order valence-corrected chi connectivity index (χ0v) is 15.8. The molecule has 4 rings (SSSR count). The average Bonchev–Trinajstić information content (AvgIpc) is 3.46. The van der Waals surface area contributed by atoms with E-state index >= 15 is 0 Å². The molecule has 0 aromatic carbocycles. The summed E-state index contributed by atoms with van der Waals surface area (Å²) in [6.07, 6.45) is 5.09. The summed E-state index contributed by atoms with van der Waals surface area (Å²) in [6.45, 7) is 3.61. The lowest BCUT2D eigenvalue weighted by molar-refractivity contribution is -0.133. The highest BCUT2D eigenvalue weighted by molar-refractivity contribution is 6.07. The largest absolute Gasteiger partial charge is 0.364 e. The van der Waals surface area contributed by atoms with Crippen LogP contribution in [0.1, 0.15) is 32.6 Å². The highest BCUT2D eigenvalue weighted by Crippen LogP contribution is 2.43. The van der Waals surface area contributed by atoms with Crippen molar-refractivity contribution in [2.45, 2.75) is 44.2 Å². The Morgan fingerprint density at radius 3 is 2.71 bits per heavy atom. The third-order valence-corrected chi connectivity index (χ3v) is 5.98. The first-order chi connectivity index (χ1) is 13.4. The number of piperazine rings is 1. The molecule has 1 aromatic heterocycles. The van der Waals surface area contributed by atoms with E-state index in [1.54, 1.807) is 11.1 Å². The van der Waals surface area contributed by atoms with Crippen LogP contribution in [-0.2, 0) is 9.59 Å². The smallest absolute Gasteiger partial charge is 0.322 e. The first kappa shape index (κ1) is 18.6. The highest BCUT2D eigenvalue weighted by Gasteiger charge is 2.55. The zero-order valence-electron chi connectivity index (χ0n) is 15.8. The monoisotopic (exact) mass is 389 g/mol. The molecule has 2 N–H and O–H groups in total. The van der Waals surface area contributed by atoms with Crippen LogP contribution in [0.2, 0.25) is 0 Å². The van der Waals surface area contributed by atoms with Crippen molar-refractivity contribution in [2.24, 2.45) is 5.92 Å². The molecular formula is C19H24FN5O3. The fraction of sp³-hybridized carbons (Fsp3) is 0.579. The van der Waals surface area contributed by atoms with E-state index in [4.69, 9.17) is 0 Å². The minimum atomic E-state index is -0.937. The van der Waals surface area contributed by atoms with E-state index in [-0.39, 0.29) is 36.0 Å². The van der Waals surface area contributed by atoms with Crippen LogP contribution in [0.4, 0.5) is 14.9 Å². The molecule has 0 unspecified atom stereocenters. The van der Waals surface area contributed by atoms with Crippen LogP contribution in [0, 0.1) is 11.7 Å². The molecule has 2 saturated heterocycles. The number of rotatable bonds is 5. The lowest BCUT2D eigenvalue weighted by atomic mass is 9.87. The normalized spacial score (nSPS) is 27.6. The van der Waals surface area contributed by atoms with Crippen molar-refractivity contribution in [1.82, 2.24) is 20.5 Å². The van der Waals surface area contributed by atoms with Crippen LogP contribution < -0.4 is 15.5 Å². The predicted octanol–water partition coefficient (Wildman–Crippen LogP) is 1.03. The number of imide groups is 1. The zero-order chi connectivity index (χ0) is 19.9. The fourth-order valence-electron chi connectivity index (χ4n) is 4.34. The molecule has 3 aliphatic rings. The summed E-state index contributed by atoms with van der Waals surface area (Å²) in [5.41, 5.74) is -0.231. The number of urea groups is 1. The Hall–Kier alpha value is -2.71. The van der Waals surface area contributed by atoms with E-state index in [0.717, 1.165) is 12.8 Å². The number of halogens is 1. The van der Waals surface area contributed by atoms with Gasteiger partial charge in [0, 0.05) is 38.2 Å². The molecule has 28 heavy (non-hydrogen) atoms. The van der Waals surface area contributed by atoms with Gasteiger partial charge in [-0.15, -0.1) is 0 Å². The summed E-state index contributed by atoms with van der Waals surface area (Å²) in [5, 5.41) is 5.07. The summed E-state index contributed by atoms with van der Waals surface area (Å²) >= 11 is 0. The molecule has 1 saturated carbocycles. The maximum atomic E-state index is 13.5. The van der Waals surface area contributed by atoms with Gasteiger partial charge >= 0.3 is 6.03 Å². The lowest BCUT2D eigenvalue weighted by Crippen LogP contribution is -2.54. The molecule has 8 nitrogen and oxygen atoms in total. The molecule has 1 aliphatic carbocycles. The topological polar surface area (TPSA) is 94.6 Å². The maximum Gasteiger partial charge on any atom is 0.322 e. The molecule has 2 atom stereocenters. The van der Waals surface area contributed by atoms with Gasteiger partial charge in [0.25, 0.3) is 5.91 Å². The van der Waals surface area contributed by atoms with Gasteiger partial charge in [-0.05, 0) is 32.1 Å². The van der Waals surface area contributed by atoms with Gasteiger partial charge < -0.3 is 15.1 Å². The molecule has 0 spiro atoms. The van der Waals surface area contributed by atoms with Crippen molar-refractivity contribution < 1.29 is 18.8 Å². The summed E-state index contributed by atoms with van der Waals surface area (Å²) in [5.74, 6) is -0.615. The van der Waals surface area contributed by atoms with Crippen LogP contribution in [0.3, 0.4) is 0 Å². The Morgan fingerprint density at radius 2 is 2.11 bits per heavy atom. The van der Waals surface area contributed by atoms with E-state index in [0.29, 0.717) is 31.7 Å². The number of carbonyl (C=O) groups is 3. The average molecular weight is 389 g/mol. The van der Waals surface area contributed by atoms with Crippen molar-refractivity contribution in [3.05, 3.63) is 24.3 Å². The highest BCUT2D eigenvalue weighted by atomic mass is 19.1. The van der Waals surface area contributed by atoms with Crippen LogP contribution in [0.5, 0.6) is 0 Å². The predicted molar refractivity (Wildman–Crippen MR) is 98.9 cm³/mol. The second kappa shape index (κ2) is 7.03. The van der Waals surface area contributed by atoms with E-state index in [2.05, 4.69) is 15.6 Å². The van der Waals surface area contributed by atoms with Crippen LogP contribution in [0.15, 0.2) is 18.5 Å². The molecular weight excluding hydrogens is 365 g/mol. The summed E-state index contributed by atoms with van der Waals surface area (Å²) < 4.78 is 13.5. The Morgan fingerprint density at radius 1 is 1.32 bits per heavy atom. The molecule has 0 bridgehead atoms. The lowest BCUT2D eigenvalue weighted by Gasteiger charge is -2.41. The van der Waals surface area contributed by atoms with Crippen LogP contribution in [0.25, 0.3) is 0 Å². The number of aromatic nitrogens is 1. The van der Waals surface area contributed by atoms with E-state index in [1.807, 2.05) is 11.8 Å². The Labute approximate surface area is 162 Å². The second-order valence-electron chi connectivity index (χ2n) is 7.90. The van der Waals surface area contributed by atoms with Gasteiger partial charge in [0.05, 0.1) is 18.1 Å². The quantitative estimate of drug-likeness (QED) is 0.734. The van der Waals surface area contributed by atoms with Gasteiger partial charge in [0.1, 0.15) is 11.4 Å². The third-order valence-electron chi connectivity index (χ3n) is 5.98. The maximum absolute atomic E-state index is 13.5. The number of hydrogen-bond donors (Lipinski definition) is 2. The Balaban J connectivity index is 1.36. The van der Waals surface area contributed by atoms with Gasteiger partial charge in [-0.3, -0.25) is 19.9 Å². The molecule has 2 aliphatic heterocycles. The minimum Gasteiger partial charge on any atom is -0.364 e. The molecule has 0 radical (unpaired) electrons. The Bertz CT molecular complexity index is 815. The van der Waals surface area contributed by atoms with Gasteiger partial charge in [0.15, 0.2) is 0 Å². The number of carbonyl (C=O) groups excluding carboxylic acids is 3. The van der Waals surface area contributed by atoms with Gasteiger partial charge in [-0.1, -0.05) is 0 Å². The summed E-state index contributed by atoms with van der Waals surface area (Å²) in [6, 6.07) is 0.991. The fourth-order valence-corrected chi connectivity index (χ4v) is 4.34. The second-order valence-corrected chi connectivity index (χ2v) is 7.90. The minimum absolute atomic E-state index is 0.0215. The van der Waals surface area contributed by atoms with E-state index < -0.39 is 11.6 Å². The van der Waals surface area contributed by atoms with Crippen LogP contribution in [-0.4, -0.2) is 58.9 Å². The molecule has 150 valence electrons. The first-order valence-corrected chi connectivity index (χ1v) is 9.67. The summed E-state index contributed by atoms with van der Waals surface area (Å²) in [7, 11) is 0. The standard InChI is InChI=1S/C19H24FN5O3/c1-12-11-24(6-7-25(12)15-8-14(20)9-21-10-15)16(26)4-5-19(13-2-3-13)17(27)22-18(28)23-19/h8-10,12-13H,2-7,11H2,1H3,(H2,22,23,27,28)/t12-,19-/m0/s1. The van der Waals surface area contributed by atoms with E-state index in [9.17, 15) is 18.8 Å². The number of hydrogen-bond acceptors (Lipinski definition) is 5. The molecule has 3 heterocycles. The van der Waals surface area contributed by atoms with Gasteiger partial charge in [-0.2, -0.15) is 0 Å². The SMILES string of the molecule is C[C@H]1CN(C(=O)CC[C@@]2(C3CC3)NC(=O)NC2=O)CCN1c1cncc(F)c1. The number of nitrogens with one attached hydrogen (secondary N) is 2. The van der Waals surface area contributed by atoms with Crippen molar-refractivity contribution in [1.29, 1.82) is 0 Å². The van der Waals surface area contributed by atoms with Crippen LogP contribution >= 0.6 is 0 Å². The van der Waals surface area contributed by atoms with Crippen molar-refractivity contribution in [3.63, 3.8) is 0 Å². The number of pyridine rings is 1. The molecule has 9 heteroatoms.